The molecule has 2 bridgehead atoms. The molecule has 0 aromatic carbocycles. The minimum Gasteiger partial charge on any atom is -0.481 e. The van der Waals surface area contributed by atoms with Gasteiger partial charge in [-0.2, -0.15) is 0 Å². The standard InChI is InChI=1S/C14H25N3O3/c1-15(8-3-4-13(18)19)14(20)17-9-7-11-5-6-12(10-17)16(11)2/h11-12H,3-10H2,1-2H3,(H,18,19). The van der Waals surface area contributed by atoms with E-state index in [2.05, 4.69) is 11.9 Å². The number of carbonyl (C=O) groups is 2. The van der Waals surface area contributed by atoms with Crippen molar-refractivity contribution in [2.45, 2.75) is 44.2 Å². The normalized spacial score (nSPS) is 26.4. The Morgan fingerprint density at radius 2 is 1.95 bits per heavy atom. The van der Waals surface area contributed by atoms with Crippen LogP contribution in [0.3, 0.4) is 0 Å². The molecule has 2 unspecified atom stereocenters. The van der Waals surface area contributed by atoms with Crippen molar-refractivity contribution >= 4 is 12.0 Å². The van der Waals surface area contributed by atoms with E-state index in [0.29, 0.717) is 25.0 Å². The van der Waals surface area contributed by atoms with Gasteiger partial charge in [-0.3, -0.25) is 9.69 Å². The van der Waals surface area contributed by atoms with Gasteiger partial charge < -0.3 is 14.9 Å². The van der Waals surface area contributed by atoms with Crippen LogP contribution in [0.25, 0.3) is 0 Å². The molecule has 0 aromatic heterocycles. The van der Waals surface area contributed by atoms with Gasteiger partial charge in [0.1, 0.15) is 0 Å². The van der Waals surface area contributed by atoms with Gasteiger partial charge in [-0.25, -0.2) is 4.79 Å². The molecule has 0 radical (unpaired) electrons. The summed E-state index contributed by atoms with van der Waals surface area (Å²) in [5.74, 6) is -0.806. The Bertz CT molecular complexity index is 375. The van der Waals surface area contributed by atoms with Crippen molar-refractivity contribution in [1.29, 1.82) is 0 Å². The third-order valence-corrected chi connectivity index (χ3v) is 4.63. The molecule has 0 aromatic rings. The first kappa shape index (κ1) is 15.1. The lowest BCUT2D eigenvalue weighted by Gasteiger charge is -2.30. The lowest BCUT2D eigenvalue weighted by molar-refractivity contribution is -0.137. The van der Waals surface area contributed by atoms with Gasteiger partial charge in [-0.05, 0) is 32.7 Å². The molecule has 2 aliphatic heterocycles. The Morgan fingerprint density at radius 3 is 2.65 bits per heavy atom. The Hall–Kier alpha value is -1.30. The number of aliphatic carboxylic acids is 1. The van der Waals surface area contributed by atoms with Crippen LogP contribution in [0.5, 0.6) is 0 Å². The number of rotatable bonds is 4. The monoisotopic (exact) mass is 283 g/mol. The molecule has 2 amide bonds. The van der Waals surface area contributed by atoms with Gasteiger partial charge >= 0.3 is 12.0 Å². The van der Waals surface area contributed by atoms with Crippen molar-refractivity contribution in [3.05, 3.63) is 0 Å². The average Bonchev–Trinajstić information content (AvgIpc) is 2.62. The number of urea groups is 1. The quantitative estimate of drug-likeness (QED) is 0.838. The summed E-state index contributed by atoms with van der Waals surface area (Å²) in [6.07, 6.45) is 4.09. The number of hydrogen-bond acceptors (Lipinski definition) is 3. The number of likely N-dealkylation sites (N-methyl/N-ethyl adjacent to an activating group) is 1. The fraction of sp³-hybridized carbons (Fsp3) is 0.857. The van der Waals surface area contributed by atoms with Crippen molar-refractivity contribution < 1.29 is 14.7 Å². The molecule has 2 rings (SSSR count). The van der Waals surface area contributed by atoms with Crippen LogP contribution in [0.2, 0.25) is 0 Å². The topological polar surface area (TPSA) is 64.1 Å². The van der Waals surface area contributed by atoms with Crippen molar-refractivity contribution in [3.8, 4) is 0 Å². The number of hydrogen-bond donors (Lipinski definition) is 1. The summed E-state index contributed by atoms with van der Waals surface area (Å²) in [6, 6.07) is 1.14. The highest BCUT2D eigenvalue weighted by Crippen LogP contribution is 2.28. The fourth-order valence-corrected chi connectivity index (χ4v) is 3.29. The van der Waals surface area contributed by atoms with E-state index in [1.807, 2.05) is 4.90 Å². The van der Waals surface area contributed by atoms with Crippen LogP contribution < -0.4 is 0 Å². The molecule has 2 aliphatic rings. The molecule has 0 spiro atoms. The van der Waals surface area contributed by atoms with Crippen molar-refractivity contribution in [1.82, 2.24) is 14.7 Å². The molecule has 2 fully saturated rings. The summed E-state index contributed by atoms with van der Waals surface area (Å²) >= 11 is 0. The summed E-state index contributed by atoms with van der Waals surface area (Å²) in [5.41, 5.74) is 0. The number of carboxylic acids is 1. The van der Waals surface area contributed by atoms with Gasteiger partial charge in [0.05, 0.1) is 0 Å². The number of amides is 2. The third-order valence-electron chi connectivity index (χ3n) is 4.63. The van der Waals surface area contributed by atoms with E-state index < -0.39 is 5.97 Å². The molecule has 2 saturated heterocycles. The van der Waals surface area contributed by atoms with Crippen LogP contribution in [0.15, 0.2) is 0 Å². The van der Waals surface area contributed by atoms with E-state index in [1.165, 1.54) is 12.8 Å². The van der Waals surface area contributed by atoms with Crippen molar-refractivity contribution in [3.63, 3.8) is 0 Å². The van der Waals surface area contributed by atoms with Gasteiger partial charge in [-0.15, -0.1) is 0 Å². The first-order chi connectivity index (χ1) is 9.49. The van der Waals surface area contributed by atoms with Crippen LogP contribution in [0, 0.1) is 0 Å². The van der Waals surface area contributed by atoms with E-state index in [4.69, 9.17) is 5.11 Å². The molecule has 6 heteroatoms. The zero-order valence-corrected chi connectivity index (χ0v) is 12.4. The molecule has 20 heavy (non-hydrogen) atoms. The Kier molecular flexibility index (Phi) is 4.86. The highest BCUT2D eigenvalue weighted by molar-refractivity contribution is 5.74. The SMILES string of the molecule is CN(CCCC(=O)O)C(=O)N1CCC2CCC(C1)N2C. The van der Waals surface area contributed by atoms with Crippen LogP contribution in [-0.4, -0.2) is 77.6 Å². The number of nitrogens with zero attached hydrogens (tertiary/aromatic N) is 3. The number of likely N-dealkylation sites (tertiary alicyclic amines) is 1. The van der Waals surface area contributed by atoms with Gasteiger partial charge in [0.15, 0.2) is 0 Å². The van der Waals surface area contributed by atoms with Gasteiger partial charge in [0, 0.05) is 45.2 Å². The molecule has 1 N–H and O–H groups in total. The predicted octanol–water partition coefficient (Wildman–Crippen LogP) is 1.07. The van der Waals surface area contributed by atoms with Crippen LogP contribution in [0.4, 0.5) is 4.79 Å². The molecule has 2 atom stereocenters. The van der Waals surface area contributed by atoms with Crippen molar-refractivity contribution in [2.75, 3.05) is 33.7 Å². The summed E-state index contributed by atoms with van der Waals surface area (Å²) < 4.78 is 0. The van der Waals surface area contributed by atoms with Gasteiger partial charge in [-0.1, -0.05) is 0 Å². The highest BCUT2D eigenvalue weighted by atomic mass is 16.4. The van der Waals surface area contributed by atoms with E-state index in [1.54, 1.807) is 11.9 Å². The van der Waals surface area contributed by atoms with Crippen LogP contribution >= 0.6 is 0 Å². The highest BCUT2D eigenvalue weighted by Gasteiger charge is 2.36. The zero-order chi connectivity index (χ0) is 14.7. The summed E-state index contributed by atoms with van der Waals surface area (Å²) in [6.45, 7) is 2.12. The van der Waals surface area contributed by atoms with Gasteiger partial charge in [0.2, 0.25) is 0 Å². The molecule has 2 heterocycles. The Balaban J connectivity index is 1.84. The second kappa shape index (κ2) is 6.43. The van der Waals surface area contributed by atoms with E-state index in [9.17, 15) is 9.59 Å². The molecular weight excluding hydrogens is 258 g/mol. The first-order valence-electron chi connectivity index (χ1n) is 7.43. The second-order valence-corrected chi connectivity index (χ2v) is 5.99. The third kappa shape index (κ3) is 3.42. The van der Waals surface area contributed by atoms with Crippen LogP contribution in [0.1, 0.15) is 32.1 Å². The number of fused-ring (bicyclic) bond motifs is 2. The van der Waals surface area contributed by atoms with E-state index >= 15 is 0 Å². The summed E-state index contributed by atoms with van der Waals surface area (Å²) in [7, 11) is 3.92. The van der Waals surface area contributed by atoms with Crippen LogP contribution in [-0.2, 0) is 4.79 Å². The average molecular weight is 283 g/mol. The zero-order valence-electron chi connectivity index (χ0n) is 12.4. The maximum atomic E-state index is 12.4. The lowest BCUT2D eigenvalue weighted by atomic mass is 10.1. The van der Waals surface area contributed by atoms with Crippen molar-refractivity contribution in [2.24, 2.45) is 0 Å². The molecule has 114 valence electrons. The maximum absolute atomic E-state index is 12.4. The lowest BCUT2D eigenvalue weighted by Crippen LogP contribution is -2.45. The van der Waals surface area contributed by atoms with Gasteiger partial charge in [0.25, 0.3) is 0 Å². The second-order valence-electron chi connectivity index (χ2n) is 5.99. The minimum atomic E-state index is -0.806. The maximum Gasteiger partial charge on any atom is 0.319 e. The Labute approximate surface area is 120 Å². The first-order valence-corrected chi connectivity index (χ1v) is 7.43. The molecule has 0 saturated carbocycles. The number of carboxylic acid groups (broad SMARTS) is 1. The molecule has 0 aliphatic carbocycles. The number of carbonyl (C=O) groups excluding carboxylic acids is 1. The summed E-state index contributed by atoms with van der Waals surface area (Å²) in [5, 5.41) is 8.63. The van der Waals surface area contributed by atoms with E-state index in [0.717, 1.165) is 19.5 Å². The summed E-state index contributed by atoms with van der Waals surface area (Å²) in [4.78, 5) is 28.9. The predicted molar refractivity (Wildman–Crippen MR) is 75.7 cm³/mol. The largest absolute Gasteiger partial charge is 0.481 e. The van der Waals surface area contributed by atoms with E-state index in [-0.39, 0.29) is 12.5 Å². The molecule has 6 nitrogen and oxygen atoms in total. The Morgan fingerprint density at radius 1 is 1.25 bits per heavy atom. The molecular formula is C14H25N3O3. The minimum absolute atomic E-state index is 0.0383. The smallest absolute Gasteiger partial charge is 0.319 e. The fourth-order valence-electron chi connectivity index (χ4n) is 3.29.